The van der Waals surface area contributed by atoms with Gasteiger partial charge in [-0.05, 0) is 37.1 Å². The summed E-state index contributed by atoms with van der Waals surface area (Å²) in [4.78, 5) is 17.1. The van der Waals surface area contributed by atoms with Crippen LogP contribution in [0.15, 0.2) is 28.8 Å². The van der Waals surface area contributed by atoms with E-state index in [-0.39, 0.29) is 5.82 Å². The van der Waals surface area contributed by atoms with Gasteiger partial charge in [0.15, 0.2) is 0 Å². The van der Waals surface area contributed by atoms with E-state index in [4.69, 9.17) is 9.63 Å². The first kappa shape index (κ1) is 13.5. The van der Waals surface area contributed by atoms with E-state index in [9.17, 15) is 9.18 Å². The topological polar surface area (TPSA) is 79.5 Å². The normalized spacial score (nSPS) is 18.7. The minimum Gasteiger partial charge on any atom is -0.481 e. The highest BCUT2D eigenvalue weighted by Crippen LogP contribution is 2.24. The van der Waals surface area contributed by atoms with Crippen LogP contribution in [-0.2, 0) is 4.79 Å². The van der Waals surface area contributed by atoms with Crippen LogP contribution in [0.2, 0.25) is 0 Å². The first-order chi connectivity index (χ1) is 10.1. The van der Waals surface area contributed by atoms with Crippen LogP contribution in [0, 0.1) is 11.7 Å². The Bertz CT molecular complexity index is 641. The highest BCUT2D eigenvalue weighted by atomic mass is 19.1. The third kappa shape index (κ3) is 2.86. The van der Waals surface area contributed by atoms with Crippen molar-refractivity contribution in [3.63, 3.8) is 0 Å². The molecule has 1 saturated heterocycles. The lowest BCUT2D eigenvalue weighted by molar-refractivity contribution is -0.141. The average molecular weight is 291 g/mol. The largest absolute Gasteiger partial charge is 0.481 e. The summed E-state index contributed by atoms with van der Waals surface area (Å²) in [5.74, 6) is -1.19. The van der Waals surface area contributed by atoms with Gasteiger partial charge in [0.1, 0.15) is 5.82 Å². The summed E-state index contributed by atoms with van der Waals surface area (Å²) in [7, 11) is 0. The van der Waals surface area contributed by atoms with E-state index in [0.717, 1.165) is 6.42 Å². The van der Waals surface area contributed by atoms with Gasteiger partial charge < -0.3 is 14.5 Å². The molecule has 110 valence electrons. The van der Waals surface area contributed by atoms with E-state index in [1.807, 2.05) is 0 Å². The Kier molecular flexibility index (Phi) is 3.55. The van der Waals surface area contributed by atoms with Crippen molar-refractivity contribution >= 4 is 12.0 Å². The number of aromatic nitrogens is 2. The molecule has 2 heterocycles. The molecular weight excluding hydrogens is 277 g/mol. The number of benzene rings is 1. The van der Waals surface area contributed by atoms with Gasteiger partial charge in [0, 0.05) is 18.7 Å². The third-order valence-corrected chi connectivity index (χ3v) is 3.56. The highest BCUT2D eigenvalue weighted by Gasteiger charge is 2.28. The average Bonchev–Trinajstić information content (AvgIpc) is 2.98. The minimum atomic E-state index is -0.807. The first-order valence-electron chi connectivity index (χ1n) is 6.71. The molecule has 0 aliphatic carbocycles. The van der Waals surface area contributed by atoms with Gasteiger partial charge in [0.25, 0.3) is 0 Å². The van der Waals surface area contributed by atoms with Crippen LogP contribution in [0.4, 0.5) is 10.4 Å². The lowest BCUT2D eigenvalue weighted by atomic mass is 9.99. The maximum atomic E-state index is 12.9. The van der Waals surface area contributed by atoms with Crippen molar-refractivity contribution in [2.45, 2.75) is 12.8 Å². The van der Waals surface area contributed by atoms with E-state index in [1.54, 1.807) is 17.0 Å². The van der Waals surface area contributed by atoms with Crippen LogP contribution in [0.3, 0.4) is 0 Å². The van der Waals surface area contributed by atoms with E-state index in [0.29, 0.717) is 36.9 Å². The van der Waals surface area contributed by atoms with Crippen molar-refractivity contribution in [1.82, 2.24) is 10.1 Å². The molecule has 1 fully saturated rings. The summed E-state index contributed by atoms with van der Waals surface area (Å²) >= 11 is 0. The van der Waals surface area contributed by atoms with Crippen molar-refractivity contribution in [3.8, 4) is 11.4 Å². The number of carboxylic acids is 1. The molecule has 1 unspecified atom stereocenters. The molecule has 1 aliphatic heterocycles. The molecule has 1 aliphatic rings. The smallest absolute Gasteiger partial charge is 0.324 e. The van der Waals surface area contributed by atoms with Gasteiger partial charge in [-0.3, -0.25) is 4.79 Å². The van der Waals surface area contributed by atoms with Crippen LogP contribution in [0.25, 0.3) is 11.4 Å². The molecule has 1 aromatic carbocycles. The molecule has 6 nitrogen and oxygen atoms in total. The molecule has 0 radical (unpaired) electrons. The summed E-state index contributed by atoms with van der Waals surface area (Å²) < 4.78 is 18.1. The molecule has 1 atom stereocenters. The van der Waals surface area contributed by atoms with Crippen molar-refractivity contribution in [1.29, 1.82) is 0 Å². The number of hydrogen-bond acceptors (Lipinski definition) is 5. The van der Waals surface area contributed by atoms with Gasteiger partial charge in [0.2, 0.25) is 5.82 Å². The van der Waals surface area contributed by atoms with Crippen molar-refractivity contribution < 1.29 is 18.8 Å². The molecular formula is C14H14FN3O3. The van der Waals surface area contributed by atoms with Crippen molar-refractivity contribution in [2.75, 3.05) is 18.0 Å². The Hall–Kier alpha value is -2.44. The van der Waals surface area contributed by atoms with Crippen LogP contribution in [0.1, 0.15) is 12.8 Å². The Morgan fingerprint density at radius 2 is 2.14 bits per heavy atom. The summed E-state index contributed by atoms with van der Waals surface area (Å²) in [6.45, 7) is 1.05. The molecule has 2 aromatic rings. The number of halogens is 1. The molecule has 21 heavy (non-hydrogen) atoms. The summed E-state index contributed by atoms with van der Waals surface area (Å²) in [6.07, 6.45) is 1.43. The lowest BCUT2D eigenvalue weighted by Crippen LogP contribution is -2.38. The number of carboxylic acid groups (broad SMARTS) is 1. The predicted octanol–water partition coefficient (Wildman–Crippen LogP) is 2.18. The second kappa shape index (κ2) is 5.51. The summed E-state index contributed by atoms with van der Waals surface area (Å²) in [5.41, 5.74) is 0.651. The zero-order valence-electron chi connectivity index (χ0n) is 11.2. The van der Waals surface area contributed by atoms with E-state index in [2.05, 4.69) is 10.1 Å². The molecule has 0 amide bonds. The number of anilines is 1. The standard InChI is InChI=1S/C14H14FN3O3/c15-11-5-3-9(4-6-11)12-16-14(21-17-12)18-7-1-2-10(8-18)13(19)20/h3-6,10H,1-2,7-8H2,(H,19,20). The molecule has 1 aromatic heterocycles. The molecule has 0 bridgehead atoms. The number of nitrogens with zero attached hydrogens (tertiary/aromatic N) is 3. The van der Waals surface area contributed by atoms with E-state index >= 15 is 0 Å². The second-order valence-corrected chi connectivity index (χ2v) is 5.03. The van der Waals surface area contributed by atoms with Crippen molar-refractivity contribution in [2.24, 2.45) is 5.92 Å². The van der Waals surface area contributed by atoms with Crippen LogP contribution >= 0.6 is 0 Å². The molecule has 7 heteroatoms. The summed E-state index contributed by atoms with van der Waals surface area (Å²) in [5, 5.41) is 12.9. The fourth-order valence-electron chi connectivity index (χ4n) is 2.41. The van der Waals surface area contributed by atoms with Gasteiger partial charge in [-0.15, -0.1) is 0 Å². The van der Waals surface area contributed by atoms with Gasteiger partial charge in [-0.2, -0.15) is 4.98 Å². The second-order valence-electron chi connectivity index (χ2n) is 5.03. The molecule has 1 N–H and O–H groups in total. The first-order valence-corrected chi connectivity index (χ1v) is 6.71. The highest BCUT2D eigenvalue weighted by molar-refractivity contribution is 5.71. The fourth-order valence-corrected chi connectivity index (χ4v) is 2.41. The monoisotopic (exact) mass is 291 g/mol. The SMILES string of the molecule is O=C(O)C1CCCN(c2nc(-c3ccc(F)cc3)no2)C1. The van der Waals surface area contributed by atoms with Crippen LogP contribution in [-0.4, -0.2) is 34.3 Å². The minimum absolute atomic E-state index is 0.306. The predicted molar refractivity (Wildman–Crippen MR) is 72.3 cm³/mol. The molecule has 3 rings (SSSR count). The number of carbonyl (C=O) groups is 1. The number of piperidine rings is 1. The van der Waals surface area contributed by atoms with Gasteiger partial charge in [-0.25, -0.2) is 4.39 Å². The maximum absolute atomic E-state index is 12.9. The van der Waals surface area contributed by atoms with Gasteiger partial charge >= 0.3 is 12.0 Å². The van der Waals surface area contributed by atoms with Crippen LogP contribution < -0.4 is 4.90 Å². The molecule has 0 saturated carbocycles. The Balaban J connectivity index is 1.78. The number of rotatable bonds is 3. The van der Waals surface area contributed by atoms with E-state index in [1.165, 1.54) is 12.1 Å². The number of hydrogen-bond donors (Lipinski definition) is 1. The van der Waals surface area contributed by atoms with E-state index < -0.39 is 11.9 Å². The fraction of sp³-hybridized carbons (Fsp3) is 0.357. The Morgan fingerprint density at radius 1 is 1.38 bits per heavy atom. The zero-order valence-corrected chi connectivity index (χ0v) is 11.2. The van der Waals surface area contributed by atoms with Gasteiger partial charge in [0.05, 0.1) is 5.92 Å². The summed E-state index contributed by atoms with van der Waals surface area (Å²) in [6, 6.07) is 6.10. The Labute approximate surface area is 120 Å². The Morgan fingerprint density at radius 3 is 2.86 bits per heavy atom. The maximum Gasteiger partial charge on any atom is 0.324 e. The quantitative estimate of drug-likeness (QED) is 0.933. The zero-order chi connectivity index (χ0) is 14.8. The molecule has 0 spiro atoms. The van der Waals surface area contributed by atoms with Crippen molar-refractivity contribution in [3.05, 3.63) is 30.1 Å². The number of aliphatic carboxylic acids is 1. The van der Waals surface area contributed by atoms with Gasteiger partial charge in [-0.1, -0.05) is 5.16 Å². The third-order valence-electron chi connectivity index (χ3n) is 3.56. The van der Waals surface area contributed by atoms with Crippen LogP contribution in [0.5, 0.6) is 0 Å². The lowest BCUT2D eigenvalue weighted by Gasteiger charge is -2.28.